The fourth-order valence-corrected chi connectivity index (χ4v) is 1.35. The molecule has 0 spiro atoms. The first-order chi connectivity index (χ1) is 5.52. The highest BCUT2D eigenvalue weighted by Gasteiger charge is 2.08. The molecule has 0 bridgehead atoms. The molecule has 0 saturated carbocycles. The normalized spacial score (nSPS) is 12.0. The molecular weight excluding hydrogens is 232 g/mol. The molecule has 2 nitrogen and oxygen atoms in total. The first-order valence-electron chi connectivity index (χ1n) is 3.46. The highest BCUT2D eigenvalue weighted by molar-refractivity contribution is 6.37. The van der Waals surface area contributed by atoms with Crippen molar-refractivity contribution in [2.75, 3.05) is 0 Å². The first-order valence-corrected chi connectivity index (χ1v) is 4.21. The molecule has 0 fully saturated rings. The van der Waals surface area contributed by atoms with Crippen molar-refractivity contribution in [3.8, 4) is 5.75 Å². The van der Waals surface area contributed by atoms with Crippen molar-refractivity contribution in [2.24, 2.45) is 5.73 Å². The van der Waals surface area contributed by atoms with Crippen LogP contribution in [0.25, 0.3) is 0 Å². The van der Waals surface area contributed by atoms with Crippen molar-refractivity contribution < 1.29 is 5.11 Å². The summed E-state index contributed by atoms with van der Waals surface area (Å²) in [4.78, 5) is 0. The minimum Gasteiger partial charge on any atom is -0.505 e. The maximum atomic E-state index is 9.21. The number of aromatic hydroxyl groups is 1. The van der Waals surface area contributed by atoms with Crippen molar-refractivity contribution in [3.05, 3.63) is 27.7 Å². The molecule has 0 unspecified atom stereocenters. The Hall–Kier alpha value is -0.150. The summed E-state index contributed by atoms with van der Waals surface area (Å²) in [5.41, 5.74) is 6.41. The highest BCUT2D eigenvalue weighted by Crippen LogP contribution is 2.33. The van der Waals surface area contributed by atoms with Crippen LogP contribution in [0.3, 0.4) is 0 Å². The second-order valence-electron chi connectivity index (χ2n) is 2.62. The van der Waals surface area contributed by atoms with Gasteiger partial charge in [0.2, 0.25) is 0 Å². The lowest BCUT2D eigenvalue weighted by atomic mass is 10.1. The fourth-order valence-electron chi connectivity index (χ4n) is 0.848. The molecule has 1 aromatic carbocycles. The van der Waals surface area contributed by atoms with Gasteiger partial charge in [-0.1, -0.05) is 23.2 Å². The van der Waals surface area contributed by atoms with Crippen LogP contribution in [-0.4, -0.2) is 5.11 Å². The number of halogens is 3. The third-order valence-electron chi connectivity index (χ3n) is 1.57. The van der Waals surface area contributed by atoms with Crippen molar-refractivity contribution in [1.29, 1.82) is 0 Å². The summed E-state index contributed by atoms with van der Waals surface area (Å²) in [6.07, 6.45) is 0. The highest BCUT2D eigenvalue weighted by atomic mass is 35.5. The Bertz CT molecular complexity index is 278. The predicted octanol–water partition coefficient (Wildman–Crippen LogP) is 3.14. The Morgan fingerprint density at radius 1 is 1.31 bits per heavy atom. The van der Waals surface area contributed by atoms with E-state index in [4.69, 9.17) is 28.9 Å². The molecule has 0 aliphatic rings. The van der Waals surface area contributed by atoms with Crippen LogP contribution < -0.4 is 5.73 Å². The van der Waals surface area contributed by atoms with Crippen LogP contribution in [0.15, 0.2) is 12.1 Å². The molecule has 0 aliphatic carbocycles. The van der Waals surface area contributed by atoms with Gasteiger partial charge in [-0.15, -0.1) is 12.4 Å². The van der Waals surface area contributed by atoms with Crippen LogP contribution >= 0.6 is 35.6 Å². The van der Waals surface area contributed by atoms with Crippen LogP contribution in [0, 0.1) is 0 Å². The standard InChI is InChI=1S/C8H9Cl2NO.ClH/c1-4(11)5-2-6(9)8(12)7(10)3-5;/h2-4,12H,11H2,1H3;1H/t4-;/m1./s1. The molecular formula is C8H10Cl3NO. The second kappa shape index (κ2) is 4.91. The SMILES string of the molecule is C[C@@H](N)c1cc(Cl)c(O)c(Cl)c1.Cl. The first kappa shape index (κ1) is 12.8. The average molecular weight is 243 g/mol. The Kier molecular flexibility index (Phi) is 4.86. The van der Waals surface area contributed by atoms with Crippen LogP contribution in [0.4, 0.5) is 0 Å². The van der Waals surface area contributed by atoms with Gasteiger partial charge in [-0.05, 0) is 24.6 Å². The lowest BCUT2D eigenvalue weighted by molar-refractivity contribution is 0.475. The van der Waals surface area contributed by atoms with Gasteiger partial charge in [-0.3, -0.25) is 0 Å². The fraction of sp³-hybridized carbons (Fsp3) is 0.250. The Labute approximate surface area is 93.1 Å². The summed E-state index contributed by atoms with van der Waals surface area (Å²) in [6, 6.07) is 3.07. The lowest BCUT2D eigenvalue weighted by Gasteiger charge is -2.07. The van der Waals surface area contributed by atoms with Gasteiger partial charge in [0.15, 0.2) is 5.75 Å². The molecule has 1 rings (SSSR count). The van der Waals surface area contributed by atoms with E-state index < -0.39 is 0 Å². The van der Waals surface area contributed by atoms with Gasteiger partial charge in [0.05, 0.1) is 10.0 Å². The second-order valence-corrected chi connectivity index (χ2v) is 3.44. The third-order valence-corrected chi connectivity index (χ3v) is 2.14. The zero-order valence-corrected chi connectivity index (χ0v) is 9.25. The van der Waals surface area contributed by atoms with E-state index in [9.17, 15) is 5.11 Å². The van der Waals surface area contributed by atoms with Crippen molar-refractivity contribution in [2.45, 2.75) is 13.0 Å². The Balaban J connectivity index is 0.00000144. The molecule has 0 amide bonds. The number of phenols is 1. The van der Waals surface area contributed by atoms with Gasteiger partial charge < -0.3 is 10.8 Å². The number of benzene rings is 1. The monoisotopic (exact) mass is 241 g/mol. The van der Waals surface area contributed by atoms with E-state index >= 15 is 0 Å². The number of nitrogens with two attached hydrogens (primary N) is 1. The maximum absolute atomic E-state index is 9.21. The molecule has 0 saturated heterocycles. The molecule has 13 heavy (non-hydrogen) atoms. The van der Waals surface area contributed by atoms with E-state index in [-0.39, 0.29) is 34.2 Å². The predicted molar refractivity (Wildman–Crippen MR) is 58.0 cm³/mol. The van der Waals surface area contributed by atoms with Crippen molar-refractivity contribution in [3.63, 3.8) is 0 Å². The average Bonchev–Trinajstić information content (AvgIpc) is 1.99. The summed E-state index contributed by atoms with van der Waals surface area (Å²) < 4.78 is 0. The van der Waals surface area contributed by atoms with Crippen LogP contribution in [0.1, 0.15) is 18.5 Å². The van der Waals surface area contributed by atoms with E-state index in [0.717, 1.165) is 5.56 Å². The number of phenolic OH excluding ortho intramolecular Hbond substituents is 1. The smallest absolute Gasteiger partial charge is 0.152 e. The van der Waals surface area contributed by atoms with E-state index in [1.54, 1.807) is 12.1 Å². The van der Waals surface area contributed by atoms with Gasteiger partial charge in [0.1, 0.15) is 0 Å². The Morgan fingerprint density at radius 2 is 1.69 bits per heavy atom. The van der Waals surface area contributed by atoms with Gasteiger partial charge in [0.25, 0.3) is 0 Å². The molecule has 0 radical (unpaired) electrons. The zero-order chi connectivity index (χ0) is 9.30. The molecule has 74 valence electrons. The molecule has 0 heterocycles. The molecule has 0 aliphatic heterocycles. The van der Waals surface area contributed by atoms with Crippen molar-refractivity contribution >= 4 is 35.6 Å². The number of hydrogen-bond acceptors (Lipinski definition) is 2. The van der Waals surface area contributed by atoms with E-state index in [2.05, 4.69) is 0 Å². The maximum Gasteiger partial charge on any atom is 0.152 e. The van der Waals surface area contributed by atoms with Gasteiger partial charge in [0, 0.05) is 6.04 Å². The molecule has 1 atom stereocenters. The van der Waals surface area contributed by atoms with Gasteiger partial charge >= 0.3 is 0 Å². The molecule has 3 N–H and O–H groups in total. The largest absolute Gasteiger partial charge is 0.505 e. The van der Waals surface area contributed by atoms with E-state index in [1.807, 2.05) is 6.92 Å². The van der Waals surface area contributed by atoms with Crippen LogP contribution in [0.2, 0.25) is 10.0 Å². The topological polar surface area (TPSA) is 46.2 Å². The third kappa shape index (κ3) is 2.92. The molecule has 5 heteroatoms. The Morgan fingerprint density at radius 3 is 2.00 bits per heavy atom. The van der Waals surface area contributed by atoms with E-state index in [1.165, 1.54) is 0 Å². The van der Waals surface area contributed by atoms with Crippen LogP contribution in [0.5, 0.6) is 5.75 Å². The lowest BCUT2D eigenvalue weighted by Crippen LogP contribution is -2.04. The van der Waals surface area contributed by atoms with E-state index in [0.29, 0.717) is 0 Å². The summed E-state index contributed by atoms with van der Waals surface area (Å²) in [7, 11) is 0. The number of rotatable bonds is 1. The summed E-state index contributed by atoms with van der Waals surface area (Å²) in [5, 5.41) is 9.67. The van der Waals surface area contributed by atoms with Crippen molar-refractivity contribution in [1.82, 2.24) is 0 Å². The minimum absolute atomic E-state index is 0. The summed E-state index contributed by atoms with van der Waals surface area (Å²) in [6.45, 7) is 1.82. The quantitative estimate of drug-likeness (QED) is 0.795. The summed E-state index contributed by atoms with van der Waals surface area (Å²) >= 11 is 11.3. The summed E-state index contributed by atoms with van der Waals surface area (Å²) in [5.74, 6) is -0.0947. The minimum atomic E-state index is -0.138. The number of hydrogen-bond donors (Lipinski definition) is 2. The molecule has 0 aromatic heterocycles. The molecule has 1 aromatic rings. The van der Waals surface area contributed by atoms with Gasteiger partial charge in [-0.2, -0.15) is 0 Å². The zero-order valence-electron chi connectivity index (χ0n) is 6.92. The van der Waals surface area contributed by atoms with Crippen LogP contribution in [-0.2, 0) is 0 Å². The van der Waals surface area contributed by atoms with Gasteiger partial charge in [-0.25, -0.2) is 0 Å².